The predicted octanol–water partition coefficient (Wildman–Crippen LogP) is 4.14. The van der Waals surface area contributed by atoms with E-state index >= 15 is 0 Å². The second kappa shape index (κ2) is 9.83. The van der Waals surface area contributed by atoms with E-state index in [0.717, 1.165) is 35.4 Å². The van der Waals surface area contributed by atoms with E-state index in [1.807, 2.05) is 30.3 Å². The fourth-order valence-electron chi connectivity index (χ4n) is 3.67. The largest absolute Gasteiger partial charge is 0.462 e. The Bertz CT molecular complexity index is 1110. The van der Waals surface area contributed by atoms with Crippen LogP contribution in [-0.2, 0) is 22.4 Å². The van der Waals surface area contributed by atoms with Crippen molar-refractivity contribution in [1.29, 1.82) is 0 Å². The molecule has 0 spiro atoms. The van der Waals surface area contributed by atoms with Gasteiger partial charge >= 0.3 is 5.97 Å². The first-order chi connectivity index (χ1) is 15.5. The Hall–Kier alpha value is -2.72. The fourth-order valence-corrected chi connectivity index (χ4v) is 5.88. The van der Waals surface area contributed by atoms with Crippen LogP contribution >= 0.6 is 23.1 Å². The zero-order valence-electron chi connectivity index (χ0n) is 18.2. The van der Waals surface area contributed by atoms with Crippen molar-refractivity contribution in [2.24, 2.45) is 5.92 Å². The molecule has 1 N–H and O–H groups in total. The molecular formula is C22H25N5O3S2. The molecule has 2 heterocycles. The van der Waals surface area contributed by atoms with E-state index in [1.54, 1.807) is 18.5 Å². The normalized spacial score (nSPS) is 16.3. The van der Waals surface area contributed by atoms with Crippen LogP contribution < -0.4 is 5.32 Å². The van der Waals surface area contributed by atoms with Crippen LogP contribution in [0.25, 0.3) is 5.69 Å². The number of rotatable bonds is 7. The van der Waals surface area contributed by atoms with Crippen molar-refractivity contribution in [3.05, 3.63) is 46.3 Å². The second-order valence-electron chi connectivity index (χ2n) is 7.73. The first-order valence-corrected chi connectivity index (χ1v) is 12.3. The summed E-state index contributed by atoms with van der Waals surface area (Å²) in [5.74, 6) is -0.0240. The van der Waals surface area contributed by atoms with Crippen molar-refractivity contribution in [3.8, 4) is 5.69 Å². The molecule has 0 saturated carbocycles. The zero-order valence-corrected chi connectivity index (χ0v) is 19.8. The highest BCUT2D eigenvalue weighted by atomic mass is 32.2. The van der Waals surface area contributed by atoms with Gasteiger partial charge in [-0.05, 0) is 67.2 Å². The van der Waals surface area contributed by atoms with Gasteiger partial charge in [-0.2, -0.15) is 4.68 Å². The van der Waals surface area contributed by atoms with Crippen molar-refractivity contribution in [2.75, 3.05) is 11.9 Å². The Morgan fingerprint density at radius 3 is 2.88 bits per heavy atom. The number of nitrogens with one attached hydrogen (secondary N) is 1. The number of hydrogen-bond acceptors (Lipinski definition) is 8. The average Bonchev–Trinajstić information content (AvgIpc) is 3.38. The Kier molecular flexibility index (Phi) is 6.90. The lowest BCUT2D eigenvalue weighted by Crippen LogP contribution is -2.24. The number of carbonyl (C=O) groups is 2. The van der Waals surface area contributed by atoms with Gasteiger partial charge in [-0.1, -0.05) is 36.9 Å². The van der Waals surface area contributed by atoms with E-state index in [9.17, 15) is 9.59 Å². The van der Waals surface area contributed by atoms with Gasteiger partial charge in [0.1, 0.15) is 5.00 Å². The van der Waals surface area contributed by atoms with Crippen LogP contribution in [0.1, 0.15) is 48.0 Å². The highest BCUT2D eigenvalue weighted by Gasteiger charge is 2.30. The van der Waals surface area contributed by atoms with Crippen LogP contribution in [0.4, 0.5) is 5.00 Å². The first kappa shape index (κ1) is 22.5. The van der Waals surface area contributed by atoms with E-state index in [4.69, 9.17) is 4.74 Å². The van der Waals surface area contributed by atoms with E-state index < -0.39 is 5.25 Å². The number of para-hydroxylation sites is 1. The lowest BCUT2D eigenvalue weighted by molar-refractivity contribution is -0.115. The van der Waals surface area contributed by atoms with Crippen LogP contribution in [0, 0.1) is 5.92 Å². The van der Waals surface area contributed by atoms with Gasteiger partial charge in [0.05, 0.1) is 23.1 Å². The van der Waals surface area contributed by atoms with Crippen molar-refractivity contribution in [1.82, 2.24) is 20.2 Å². The number of benzene rings is 1. The third kappa shape index (κ3) is 4.71. The summed E-state index contributed by atoms with van der Waals surface area (Å²) >= 11 is 2.75. The lowest BCUT2D eigenvalue weighted by Gasteiger charge is -2.18. The summed E-state index contributed by atoms with van der Waals surface area (Å²) in [6, 6.07) is 9.51. The van der Waals surface area contributed by atoms with Crippen LogP contribution in [0.5, 0.6) is 0 Å². The highest BCUT2D eigenvalue weighted by Crippen LogP contribution is 2.40. The van der Waals surface area contributed by atoms with Crippen LogP contribution in [0.15, 0.2) is 35.5 Å². The minimum absolute atomic E-state index is 0.213. The van der Waals surface area contributed by atoms with Gasteiger partial charge in [-0.25, -0.2) is 4.79 Å². The number of tetrazole rings is 1. The molecule has 1 amide bonds. The van der Waals surface area contributed by atoms with Gasteiger partial charge in [0.15, 0.2) is 0 Å². The summed E-state index contributed by atoms with van der Waals surface area (Å²) in [4.78, 5) is 26.9. The molecule has 0 saturated heterocycles. The van der Waals surface area contributed by atoms with Gasteiger partial charge < -0.3 is 10.1 Å². The summed E-state index contributed by atoms with van der Waals surface area (Å²) in [7, 11) is 0. The average molecular weight is 472 g/mol. The lowest BCUT2D eigenvalue weighted by atomic mass is 9.88. The Labute approximate surface area is 194 Å². The molecule has 0 bridgehead atoms. The molecule has 1 aliphatic rings. The highest BCUT2D eigenvalue weighted by molar-refractivity contribution is 8.00. The third-order valence-corrected chi connectivity index (χ3v) is 7.52. The first-order valence-electron chi connectivity index (χ1n) is 10.6. The third-order valence-electron chi connectivity index (χ3n) is 5.32. The summed E-state index contributed by atoms with van der Waals surface area (Å²) in [6.07, 6.45) is 2.77. The maximum absolute atomic E-state index is 13.0. The minimum atomic E-state index is -0.475. The molecule has 0 radical (unpaired) electrons. The number of ether oxygens (including phenoxy) is 1. The number of thioether (sulfide) groups is 1. The fraction of sp³-hybridized carbons (Fsp3) is 0.409. The maximum Gasteiger partial charge on any atom is 0.341 e. The van der Waals surface area contributed by atoms with Crippen molar-refractivity contribution in [3.63, 3.8) is 0 Å². The quantitative estimate of drug-likeness (QED) is 0.408. The number of thiophene rings is 1. The monoisotopic (exact) mass is 471 g/mol. The second-order valence-corrected chi connectivity index (χ2v) is 10.1. The molecule has 2 atom stereocenters. The standard InChI is InChI=1S/C22H25N5O3S2/c1-4-30-21(29)18-16-11-10-13(2)12-17(16)32-20(18)23-19(28)14(3)31-22-24-25-26-27(22)15-8-6-5-7-9-15/h5-9,13-14H,4,10-12H2,1-3H3,(H,23,28). The zero-order chi connectivity index (χ0) is 22.7. The number of aromatic nitrogens is 4. The van der Waals surface area contributed by atoms with Crippen molar-refractivity contribution >= 4 is 40.0 Å². The Morgan fingerprint density at radius 2 is 2.12 bits per heavy atom. The summed E-state index contributed by atoms with van der Waals surface area (Å²) in [6.45, 7) is 6.08. The molecule has 32 heavy (non-hydrogen) atoms. The number of esters is 1. The SMILES string of the molecule is CCOC(=O)c1c(NC(=O)C(C)Sc2nnnn2-c2ccccc2)sc2c1CCC(C)C2. The molecular weight excluding hydrogens is 446 g/mol. The molecule has 10 heteroatoms. The molecule has 2 aromatic heterocycles. The molecule has 0 aliphatic heterocycles. The van der Waals surface area contributed by atoms with Crippen molar-refractivity contribution < 1.29 is 14.3 Å². The number of amides is 1. The Morgan fingerprint density at radius 1 is 1.34 bits per heavy atom. The molecule has 2 unspecified atom stereocenters. The predicted molar refractivity (Wildman–Crippen MR) is 125 cm³/mol. The smallest absolute Gasteiger partial charge is 0.341 e. The van der Waals surface area contributed by atoms with E-state index in [-0.39, 0.29) is 11.9 Å². The van der Waals surface area contributed by atoms with E-state index in [0.29, 0.717) is 28.2 Å². The molecule has 168 valence electrons. The molecule has 3 aromatic rings. The Balaban J connectivity index is 1.53. The summed E-state index contributed by atoms with van der Waals surface area (Å²) < 4.78 is 6.89. The molecule has 1 aliphatic carbocycles. The van der Waals surface area contributed by atoms with Crippen LogP contribution in [0.3, 0.4) is 0 Å². The topological polar surface area (TPSA) is 99.0 Å². The summed E-state index contributed by atoms with van der Waals surface area (Å²) in [5.41, 5.74) is 2.35. The van der Waals surface area contributed by atoms with Crippen LogP contribution in [-0.4, -0.2) is 43.9 Å². The molecule has 1 aromatic carbocycles. The molecule has 8 nitrogen and oxygen atoms in total. The summed E-state index contributed by atoms with van der Waals surface area (Å²) in [5, 5.41) is 15.4. The molecule has 0 fully saturated rings. The molecule has 4 rings (SSSR count). The maximum atomic E-state index is 13.0. The van der Waals surface area contributed by atoms with Gasteiger partial charge in [-0.15, -0.1) is 16.4 Å². The van der Waals surface area contributed by atoms with Crippen molar-refractivity contribution in [2.45, 2.75) is 50.4 Å². The number of hydrogen-bond donors (Lipinski definition) is 1. The van der Waals surface area contributed by atoms with Gasteiger partial charge in [0.2, 0.25) is 11.1 Å². The van der Waals surface area contributed by atoms with E-state index in [2.05, 4.69) is 27.8 Å². The number of carbonyl (C=O) groups excluding carboxylic acids is 2. The number of nitrogens with zero attached hydrogens (tertiary/aromatic N) is 4. The number of anilines is 1. The van der Waals surface area contributed by atoms with Gasteiger partial charge in [0.25, 0.3) is 0 Å². The minimum Gasteiger partial charge on any atom is -0.462 e. The van der Waals surface area contributed by atoms with Gasteiger partial charge in [0, 0.05) is 4.88 Å². The van der Waals surface area contributed by atoms with E-state index in [1.165, 1.54) is 23.1 Å². The van der Waals surface area contributed by atoms with Crippen LogP contribution in [0.2, 0.25) is 0 Å². The van der Waals surface area contributed by atoms with Gasteiger partial charge in [-0.3, -0.25) is 4.79 Å². The number of fused-ring (bicyclic) bond motifs is 1.